The van der Waals surface area contributed by atoms with Crippen LogP contribution in [-0.2, 0) is 0 Å². The lowest BCUT2D eigenvalue weighted by molar-refractivity contribution is -0.0126. The van der Waals surface area contributed by atoms with Gasteiger partial charge in [0.25, 0.3) is 0 Å². The average Bonchev–Trinajstić information content (AvgIpc) is 2.27. The van der Waals surface area contributed by atoms with Crippen LogP contribution in [0.2, 0.25) is 0 Å². The third-order valence-electron chi connectivity index (χ3n) is 5.28. The first-order valence-electron chi connectivity index (χ1n) is 6.77. The van der Waals surface area contributed by atoms with Crippen molar-refractivity contribution in [2.24, 2.45) is 39.1 Å². The van der Waals surface area contributed by atoms with E-state index in [0.717, 1.165) is 23.5 Å². The second-order valence-corrected chi connectivity index (χ2v) is 7.47. The van der Waals surface area contributed by atoms with Gasteiger partial charge in [-0.3, -0.25) is 0 Å². The Balaban J connectivity index is 1.68. The highest BCUT2D eigenvalue weighted by molar-refractivity contribution is 8.14. The molecule has 0 aromatic carbocycles. The van der Waals surface area contributed by atoms with E-state index in [4.69, 9.17) is 5.73 Å². The summed E-state index contributed by atoms with van der Waals surface area (Å²) < 4.78 is 0. The van der Waals surface area contributed by atoms with E-state index in [2.05, 4.69) is 10.2 Å². The predicted octanol–water partition coefficient (Wildman–Crippen LogP) is 2.62. The molecule has 5 aliphatic rings. The molecule has 4 bridgehead atoms. The zero-order valence-corrected chi connectivity index (χ0v) is 10.9. The van der Waals surface area contributed by atoms with E-state index < -0.39 is 0 Å². The third-order valence-corrected chi connectivity index (χ3v) is 6.07. The molecule has 0 radical (unpaired) electrons. The van der Waals surface area contributed by atoms with Gasteiger partial charge in [-0.1, -0.05) is 11.8 Å². The van der Waals surface area contributed by atoms with Crippen LogP contribution in [0.3, 0.4) is 0 Å². The minimum absolute atomic E-state index is 0.423. The maximum atomic E-state index is 5.69. The highest BCUT2D eigenvalue weighted by Gasteiger charge is 2.53. The Morgan fingerprint density at radius 3 is 2.06 bits per heavy atom. The Labute approximate surface area is 106 Å². The fraction of sp³-hybridized carbons (Fsp3) is 0.846. The van der Waals surface area contributed by atoms with Gasteiger partial charge < -0.3 is 5.73 Å². The van der Waals surface area contributed by atoms with Crippen molar-refractivity contribution in [3.8, 4) is 0 Å². The number of rotatable bonds is 1. The first-order chi connectivity index (χ1) is 8.23. The standard InChI is InChI=1S/C13H19N3S/c14-12-16-15-11(7-17-12)13-4-8-1-9(5-13)3-10(2-8)6-13/h8-10H,1-7H2,(H2,14,16). The smallest absolute Gasteiger partial charge is 0.180 e. The van der Waals surface area contributed by atoms with Gasteiger partial charge in [0.2, 0.25) is 0 Å². The van der Waals surface area contributed by atoms with Crippen molar-refractivity contribution in [1.29, 1.82) is 0 Å². The molecule has 0 saturated heterocycles. The van der Waals surface area contributed by atoms with E-state index in [9.17, 15) is 0 Å². The summed E-state index contributed by atoms with van der Waals surface area (Å²) in [6.45, 7) is 0. The van der Waals surface area contributed by atoms with Gasteiger partial charge in [-0.05, 0) is 56.3 Å². The van der Waals surface area contributed by atoms with Crippen molar-refractivity contribution in [2.45, 2.75) is 38.5 Å². The van der Waals surface area contributed by atoms with Gasteiger partial charge >= 0.3 is 0 Å². The molecule has 0 unspecified atom stereocenters. The van der Waals surface area contributed by atoms with E-state index in [1.165, 1.54) is 44.2 Å². The Morgan fingerprint density at radius 2 is 1.59 bits per heavy atom. The summed E-state index contributed by atoms with van der Waals surface area (Å²) in [7, 11) is 0. The topological polar surface area (TPSA) is 50.7 Å². The van der Waals surface area contributed by atoms with Crippen molar-refractivity contribution < 1.29 is 0 Å². The van der Waals surface area contributed by atoms with E-state index in [-0.39, 0.29) is 0 Å². The van der Waals surface area contributed by atoms with Crippen molar-refractivity contribution in [3.63, 3.8) is 0 Å². The summed E-state index contributed by atoms with van der Waals surface area (Å²) in [6.07, 6.45) is 8.62. The molecule has 4 aliphatic carbocycles. The van der Waals surface area contributed by atoms with Gasteiger partial charge in [-0.2, -0.15) is 5.10 Å². The molecular weight excluding hydrogens is 230 g/mol. The number of nitrogens with zero attached hydrogens (tertiary/aromatic N) is 2. The molecule has 4 fully saturated rings. The normalized spacial score (nSPS) is 47.9. The lowest BCUT2D eigenvalue weighted by atomic mass is 9.48. The Hall–Kier alpha value is -0.510. The summed E-state index contributed by atoms with van der Waals surface area (Å²) in [4.78, 5) is 0. The SMILES string of the molecule is NC1=NN=C(C23CC4CC(CC(C4)C2)C3)CS1. The number of thioether (sulfide) groups is 1. The van der Waals surface area contributed by atoms with E-state index in [0.29, 0.717) is 10.6 Å². The minimum Gasteiger partial charge on any atom is -0.377 e. The summed E-state index contributed by atoms with van der Waals surface area (Å²) in [6, 6.07) is 0. The maximum absolute atomic E-state index is 5.69. The molecule has 0 amide bonds. The Morgan fingerprint density at radius 1 is 1.00 bits per heavy atom. The van der Waals surface area contributed by atoms with Gasteiger partial charge in [0.1, 0.15) is 0 Å². The second kappa shape index (κ2) is 3.50. The molecule has 3 nitrogen and oxygen atoms in total. The number of hydrogen-bond donors (Lipinski definition) is 1. The highest BCUT2D eigenvalue weighted by atomic mass is 32.2. The molecule has 92 valence electrons. The molecular formula is C13H19N3S. The molecule has 2 N–H and O–H groups in total. The van der Waals surface area contributed by atoms with Crippen LogP contribution in [0.4, 0.5) is 0 Å². The second-order valence-electron chi connectivity index (χ2n) is 6.47. The van der Waals surface area contributed by atoms with Crippen LogP contribution in [0, 0.1) is 23.2 Å². The fourth-order valence-electron chi connectivity index (χ4n) is 5.03. The van der Waals surface area contributed by atoms with Crippen LogP contribution in [0.15, 0.2) is 10.2 Å². The summed E-state index contributed by atoms with van der Waals surface area (Å²) >= 11 is 1.67. The van der Waals surface area contributed by atoms with Crippen LogP contribution >= 0.6 is 11.8 Å². The van der Waals surface area contributed by atoms with Crippen LogP contribution in [-0.4, -0.2) is 16.6 Å². The van der Waals surface area contributed by atoms with Crippen LogP contribution in [0.1, 0.15) is 38.5 Å². The first-order valence-corrected chi connectivity index (χ1v) is 7.75. The number of nitrogens with two attached hydrogens (primary N) is 1. The van der Waals surface area contributed by atoms with Gasteiger partial charge in [-0.25, -0.2) is 0 Å². The molecule has 1 heterocycles. The van der Waals surface area contributed by atoms with Crippen molar-refractivity contribution >= 4 is 22.6 Å². The minimum atomic E-state index is 0.423. The van der Waals surface area contributed by atoms with E-state index in [1.807, 2.05) is 0 Å². The molecule has 4 heteroatoms. The first kappa shape index (κ1) is 10.4. The molecule has 0 aromatic rings. The van der Waals surface area contributed by atoms with Crippen molar-refractivity contribution in [3.05, 3.63) is 0 Å². The molecule has 0 atom stereocenters. The van der Waals surface area contributed by atoms with Gasteiger partial charge in [-0.15, -0.1) is 5.10 Å². The summed E-state index contributed by atoms with van der Waals surface area (Å²) in [5.74, 6) is 3.94. The molecule has 0 aromatic heterocycles. The maximum Gasteiger partial charge on any atom is 0.180 e. The predicted molar refractivity (Wildman–Crippen MR) is 72.1 cm³/mol. The third kappa shape index (κ3) is 1.56. The van der Waals surface area contributed by atoms with Crippen molar-refractivity contribution in [1.82, 2.24) is 0 Å². The highest BCUT2D eigenvalue weighted by Crippen LogP contribution is 2.60. The number of hydrogen-bond acceptors (Lipinski definition) is 4. The quantitative estimate of drug-likeness (QED) is 0.776. The van der Waals surface area contributed by atoms with Crippen LogP contribution in [0.25, 0.3) is 0 Å². The Kier molecular flexibility index (Phi) is 2.14. The van der Waals surface area contributed by atoms with Crippen LogP contribution < -0.4 is 5.73 Å². The molecule has 17 heavy (non-hydrogen) atoms. The molecule has 5 rings (SSSR count). The Bertz CT molecular complexity index is 378. The van der Waals surface area contributed by atoms with E-state index >= 15 is 0 Å². The summed E-state index contributed by atoms with van der Waals surface area (Å²) in [5, 5.41) is 9.21. The van der Waals surface area contributed by atoms with Gasteiger partial charge in [0.15, 0.2) is 5.17 Å². The fourth-order valence-corrected chi connectivity index (χ4v) is 5.78. The van der Waals surface area contributed by atoms with Crippen LogP contribution in [0.5, 0.6) is 0 Å². The summed E-state index contributed by atoms with van der Waals surface area (Å²) in [5.41, 5.74) is 7.47. The lowest BCUT2D eigenvalue weighted by Gasteiger charge is -2.57. The average molecular weight is 249 g/mol. The zero-order valence-electron chi connectivity index (χ0n) is 10.1. The van der Waals surface area contributed by atoms with Gasteiger partial charge in [0, 0.05) is 11.2 Å². The number of amidine groups is 1. The largest absolute Gasteiger partial charge is 0.377 e. The monoisotopic (exact) mass is 249 g/mol. The lowest BCUT2D eigenvalue weighted by Crippen LogP contribution is -2.51. The molecule has 4 saturated carbocycles. The molecule has 0 spiro atoms. The zero-order chi connectivity index (χ0) is 11.5. The molecule has 1 aliphatic heterocycles. The van der Waals surface area contributed by atoms with Gasteiger partial charge in [0.05, 0.1) is 5.71 Å². The van der Waals surface area contributed by atoms with E-state index in [1.54, 1.807) is 11.8 Å². The van der Waals surface area contributed by atoms with Crippen molar-refractivity contribution in [2.75, 3.05) is 5.75 Å².